The van der Waals surface area contributed by atoms with Gasteiger partial charge in [-0.3, -0.25) is 4.99 Å². The third-order valence-corrected chi connectivity index (χ3v) is 2.52. The lowest BCUT2D eigenvalue weighted by molar-refractivity contribution is -0.132. The number of aliphatic imine (C=N–C) groups is 1. The number of aliphatic carboxylic acids is 1. The molecule has 0 radical (unpaired) electrons. The largest absolute Gasteiger partial charge is 0.477 e. The Kier molecular flexibility index (Phi) is 4.46. The molecular weight excluding hydrogens is 216 g/mol. The molecule has 1 aromatic rings. The van der Waals surface area contributed by atoms with Crippen molar-refractivity contribution in [2.45, 2.75) is 20.4 Å². The molecule has 90 valence electrons. The monoisotopic (exact) mass is 232 g/mol. The molecule has 3 N–H and O–H groups in total. The van der Waals surface area contributed by atoms with Gasteiger partial charge in [0, 0.05) is 11.3 Å². The SMILES string of the molecule is CC(=NCc1ccccc1)C(C)=C(N)C(=O)O. The lowest BCUT2D eigenvalue weighted by Gasteiger charge is -2.04. The smallest absolute Gasteiger partial charge is 0.352 e. The number of carboxylic acid groups (broad SMARTS) is 1. The van der Waals surface area contributed by atoms with Crippen molar-refractivity contribution < 1.29 is 9.90 Å². The van der Waals surface area contributed by atoms with Gasteiger partial charge in [-0.1, -0.05) is 30.3 Å². The predicted octanol–water partition coefficient (Wildman–Crippen LogP) is 1.96. The first-order chi connectivity index (χ1) is 8.02. The molecule has 0 aliphatic rings. The molecule has 0 aliphatic carbocycles. The van der Waals surface area contributed by atoms with Crippen molar-refractivity contribution in [2.75, 3.05) is 0 Å². The highest BCUT2D eigenvalue weighted by atomic mass is 16.4. The highest BCUT2D eigenvalue weighted by Gasteiger charge is 2.08. The summed E-state index contributed by atoms with van der Waals surface area (Å²) in [6.45, 7) is 3.94. The van der Waals surface area contributed by atoms with Crippen LogP contribution in [0.1, 0.15) is 19.4 Å². The van der Waals surface area contributed by atoms with Gasteiger partial charge < -0.3 is 10.8 Å². The fourth-order valence-corrected chi connectivity index (χ4v) is 1.27. The standard InChI is InChI=1S/C13H16N2O2/c1-9(12(14)13(16)17)10(2)15-8-11-6-4-3-5-7-11/h3-7H,8,14H2,1-2H3,(H,16,17). The summed E-state index contributed by atoms with van der Waals surface area (Å²) in [5.74, 6) is -1.11. The third-order valence-electron chi connectivity index (χ3n) is 2.52. The van der Waals surface area contributed by atoms with Crippen molar-refractivity contribution >= 4 is 11.7 Å². The molecule has 0 amide bonds. The molecule has 1 rings (SSSR count). The third kappa shape index (κ3) is 3.75. The summed E-state index contributed by atoms with van der Waals surface area (Å²) in [4.78, 5) is 15.0. The van der Waals surface area contributed by atoms with Gasteiger partial charge in [-0.15, -0.1) is 0 Å². The van der Waals surface area contributed by atoms with E-state index in [1.54, 1.807) is 13.8 Å². The lowest BCUT2D eigenvalue weighted by atomic mass is 10.1. The summed E-state index contributed by atoms with van der Waals surface area (Å²) >= 11 is 0. The van der Waals surface area contributed by atoms with Crippen molar-refractivity contribution in [1.29, 1.82) is 0 Å². The normalized spacial score (nSPS) is 13.2. The zero-order valence-electron chi connectivity index (χ0n) is 9.97. The first-order valence-electron chi connectivity index (χ1n) is 5.27. The average Bonchev–Trinajstić information content (AvgIpc) is 2.35. The van der Waals surface area contributed by atoms with E-state index < -0.39 is 5.97 Å². The molecular formula is C13H16N2O2. The summed E-state index contributed by atoms with van der Waals surface area (Å²) in [6.07, 6.45) is 0. The average molecular weight is 232 g/mol. The predicted molar refractivity (Wildman–Crippen MR) is 67.8 cm³/mol. The molecule has 0 aromatic heterocycles. The van der Waals surface area contributed by atoms with Crippen LogP contribution in [0.5, 0.6) is 0 Å². The van der Waals surface area contributed by atoms with Crippen LogP contribution in [0.25, 0.3) is 0 Å². The number of hydrogen-bond donors (Lipinski definition) is 2. The summed E-state index contributed by atoms with van der Waals surface area (Å²) in [6, 6.07) is 9.75. The highest BCUT2D eigenvalue weighted by molar-refractivity contribution is 6.04. The summed E-state index contributed by atoms with van der Waals surface area (Å²) in [5, 5.41) is 8.75. The van der Waals surface area contributed by atoms with Crippen LogP contribution in [0, 0.1) is 0 Å². The van der Waals surface area contributed by atoms with Crippen LogP contribution in [0.3, 0.4) is 0 Å². The van der Waals surface area contributed by atoms with E-state index in [-0.39, 0.29) is 5.70 Å². The van der Waals surface area contributed by atoms with Gasteiger partial charge in [0.2, 0.25) is 0 Å². The molecule has 0 atom stereocenters. The molecule has 17 heavy (non-hydrogen) atoms. The fourth-order valence-electron chi connectivity index (χ4n) is 1.27. The topological polar surface area (TPSA) is 75.7 Å². The van der Waals surface area contributed by atoms with E-state index in [2.05, 4.69) is 4.99 Å². The second-order valence-corrected chi connectivity index (χ2v) is 3.73. The highest BCUT2D eigenvalue weighted by Crippen LogP contribution is 2.05. The van der Waals surface area contributed by atoms with E-state index in [4.69, 9.17) is 10.8 Å². The number of hydrogen-bond acceptors (Lipinski definition) is 3. The molecule has 0 saturated heterocycles. The molecule has 0 saturated carbocycles. The van der Waals surface area contributed by atoms with Crippen molar-refractivity contribution in [2.24, 2.45) is 10.7 Å². The maximum Gasteiger partial charge on any atom is 0.352 e. The van der Waals surface area contributed by atoms with Gasteiger partial charge in [-0.05, 0) is 19.4 Å². The maximum absolute atomic E-state index is 10.7. The summed E-state index contributed by atoms with van der Waals surface area (Å²) in [7, 11) is 0. The fraction of sp³-hybridized carbons (Fsp3) is 0.231. The minimum Gasteiger partial charge on any atom is -0.477 e. The Balaban J connectivity index is 2.81. The number of nitrogens with zero attached hydrogens (tertiary/aromatic N) is 1. The zero-order chi connectivity index (χ0) is 12.8. The van der Waals surface area contributed by atoms with Crippen LogP contribution in [0.2, 0.25) is 0 Å². The minimum atomic E-state index is -1.11. The van der Waals surface area contributed by atoms with Gasteiger partial charge >= 0.3 is 5.97 Å². The Labute approximate surface area is 100 Å². The van der Waals surface area contributed by atoms with Crippen molar-refractivity contribution in [3.05, 3.63) is 47.2 Å². The van der Waals surface area contributed by atoms with Crippen molar-refractivity contribution in [3.8, 4) is 0 Å². The molecule has 4 heteroatoms. The number of nitrogens with two attached hydrogens (primary N) is 1. The molecule has 0 aliphatic heterocycles. The lowest BCUT2D eigenvalue weighted by Crippen LogP contribution is -2.15. The van der Waals surface area contributed by atoms with Crippen LogP contribution in [-0.2, 0) is 11.3 Å². The number of rotatable bonds is 4. The molecule has 1 aromatic carbocycles. The number of carbonyl (C=O) groups is 1. The Morgan fingerprint density at radius 1 is 1.29 bits per heavy atom. The Morgan fingerprint density at radius 3 is 2.41 bits per heavy atom. The minimum absolute atomic E-state index is 0.153. The molecule has 0 spiro atoms. The first kappa shape index (κ1) is 13.0. The zero-order valence-corrected chi connectivity index (χ0v) is 9.97. The maximum atomic E-state index is 10.7. The molecule has 0 fully saturated rings. The van der Waals surface area contributed by atoms with Crippen molar-refractivity contribution in [3.63, 3.8) is 0 Å². The van der Waals surface area contributed by atoms with Gasteiger partial charge in [-0.25, -0.2) is 4.79 Å². The molecule has 0 heterocycles. The van der Waals surface area contributed by atoms with Crippen LogP contribution < -0.4 is 5.73 Å². The first-order valence-corrected chi connectivity index (χ1v) is 5.27. The van der Waals surface area contributed by atoms with E-state index in [0.29, 0.717) is 17.8 Å². The van der Waals surface area contributed by atoms with E-state index in [1.165, 1.54) is 0 Å². The van der Waals surface area contributed by atoms with Gasteiger partial charge in [0.05, 0.1) is 6.54 Å². The molecule has 0 unspecified atom stereocenters. The van der Waals surface area contributed by atoms with Crippen LogP contribution >= 0.6 is 0 Å². The van der Waals surface area contributed by atoms with E-state index in [1.807, 2.05) is 30.3 Å². The second-order valence-electron chi connectivity index (χ2n) is 3.73. The summed E-state index contributed by atoms with van der Waals surface area (Å²) < 4.78 is 0. The van der Waals surface area contributed by atoms with Gasteiger partial charge in [0.1, 0.15) is 5.70 Å². The van der Waals surface area contributed by atoms with Gasteiger partial charge in [-0.2, -0.15) is 0 Å². The van der Waals surface area contributed by atoms with E-state index in [9.17, 15) is 4.79 Å². The van der Waals surface area contributed by atoms with E-state index >= 15 is 0 Å². The Morgan fingerprint density at radius 2 is 1.88 bits per heavy atom. The number of benzene rings is 1. The van der Waals surface area contributed by atoms with Crippen molar-refractivity contribution in [1.82, 2.24) is 0 Å². The Bertz CT molecular complexity index is 462. The molecule has 4 nitrogen and oxygen atoms in total. The van der Waals surface area contributed by atoms with Gasteiger partial charge in [0.25, 0.3) is 0 Å². The number of carboxylic acids is 1. The molecule has 0 bridgehead atoms. The van der Waals surface area contributed by atoms with Crippen LogP contribution in [-0.4, -0.2) is 16.8 Å². The van der Waals surface area contributed by atoms with Gasteiger partial charge in [0.15, 0.2) is 0 Å². The Hall–Kier alpha value is -2.10. The second kappa shape index (κ2) is 5.84. The van der Waals surface area contributed by atoms with Crippen LogP contribution in [0.15, 0.2) is 46.6 Å². The number of allylic oxidation sites excluding steroid dienone is 1. The quantitative estimate of drug-likeness (QED) is 0.615. The van der Waals surface area contributed by atoms with Crippen LogP contribution in [0.4, 0.5) is 0 Å². The summed E-state index contributed by atoms with van der Waals surface area (Å²) in [5.41, 5.74) is 7.51. The van der Waals surface area contributed by atoms with E-state index in [0.717, 1.165) is 5.56 Å².